The fourth-order valence-corrected chi connectivity index (χ4v) is 2.26. The Hall–Kier alpha value is -0.880. The first-order chi connectivity index (χ1) is 7.29. The number of likely N-dealkylation sites (N-methyl/N-ethyl adjacent to an activating group) is 1. The zero-order valence-electron chi connectivity index (χ0n) is 9.54. The van der Waals surface area contributed by atoms with E-state index in [2.05, 4.69) is 17.9 Å². The van der Waals surface area contributed by atoms with Crippen LogP contribution in [0.3, 0.4) is 0 Å². The predicted molar refractivity (Wildman–Crippen MR) is 59.4 cm³/mol. The molecule has 0 radical (unpaired) electrons. The van der Waals surface area contributed by atoms with Crippen LogP contribution in [0.2, 0.25) is 0 Å². The Morgan fingerprint density at radius 1 is 1.47 bits per heavy atom. The van der Waals surface area contributed by atoms with Crippen LogP contribution in [0.4, 0.5) is 0 Å². The molecule has 0 bridgehead atoms. The molecular weight excluding hydrogens is 188 g/mol. The van der Waals surface area contributed by atoms with E-state index in [9.17, 15) is 4.79 Å². The fourth-order valence-electron chi connectivity index (χ4n) is 2.26. The Labute approximate surface area is 92.1 Å². The second-order valence-electron chi connectivity index (χ2n) is 4.12. The van der Waals surface area contributed by atoms with Crippen LogP contribution in [-0.4, -0.2) is 29.8 Å². The molecule has 3 nitrogen and oxygen atoms in total. The van der Waals surface area contributed by atoms with Crippen molar-refractivity contribution in [3.63, 3.8) is 0 Å². The molecule has 1 aliphatic rings. The van der Waals surface area contributed by atoms with E-state index >= 15 is 0 Å². The minimum Gasteiger partial charge on any atom is -0.298 e. The third-order valence-electron chi connectivity index (χ3n) is 3.13. The van der Waals surface area contributed by atoms with Gasteiger partial charge in [-0.15, -0.1) is 0 Å². The second-order valence-corrected chi connectivity index (χ2v) is 4.12. The summed E-state index contributed by atoms with van der Waals surface area (Å²) in [6.07, 6.45) is 5.62. The quantitative estimate of drug-likeness (QED) is 0.665. The highest BCUT2D eigenvalue weighted by atomic mass is 16.1. The Morgan fingerprint density at radius 2 is 2.27 bits per heavy atom. The Bertz CT molecular complexity index is 244. The van der Waals surface area contributed by atoms with Gasteiger partial charge >= 0.3 is 0 Å². The summed E-state index contributed by atoms with van der Waals surface area (Å²) in [6.45, 7) is 3.68. The summed E-state index contributed by atoms with van der Waals surface area (Å²) in [5, 5.41) is 8.57. The molecule has 0 saturated heterocycles. The number of hydrogen-bond acceptors (Lipinski definition) is 3. The molecule has 1 rings (SSSR count). The maximum absolute atomic E-state index is 11.9. The van der Waals surface area contributed by atoms with E-state index in [0.717, 1.165) is 38.8 Å². The van der Waals surface area contributed by atoms with Crippen molar-refractivity contribution in [3.05, 3.63) is 0 Å². The van der Waals surface area contributed by atoms with Crippen molar-refractivity contribution >= 4 is 5.78 Å². The van der Waals surface area contributed by atoms with Gasteiger partial charge in [-0.2, -0.15) is 5.26 Å². The van der Waals surface area contributed by atoms with E-state index in [1.54, 1.807) is 0 Å². The van der Waals surface area contributed by atoms with Crippen LogP contribution in [0, 0.1) is 11.3 Å². The molecule has 0 spiro atoms. The average Bonchev–Trinajstić information content (AvgIpc) is 2.45. The molecule has 0 aromatic carbocycles. The Balaban J connectivity index is 2.55. The number of carbonyl (C=O) groups excluding carboxylic acids is 1. The van der Waals surface area contributed by atoms with Gasteiger partial charge in [-0.25, -0.2) is 0 Å². The van der Waals surface area contributed by atoms with E-state index in [4.69, 9.17) is 5.26 Å². The van der Waals surface area contributed by atoms with Gasteiger partial charge in [0.05, 0.1) is 12.1 Å². The third-order valence-corrected chi connectivity index (χ3v) is 3.13. The van der Waals surface area contributed by atoms with Gasteiger partial charge in [0.2, 0.25) is 0 Å². The van der Waals surface area contributed by atoms with Crippen molar-refractivity contribution in [3.8, 4) is 6.07 Å². The van der Waals surface area contributed by atoms with Crippen molar-refractivity contribution in [1.82, 2.24) is 4.90 Å². The number of hydrogen-bond donors (Lipinski definition) is 0. The van der Waals surface area contributed by atoms with Crippen molar-refractivity contribution in [2.45, 2.75) is 51.5 Å². The minimum absolute atomic E-state index is 0.0887. The van der Waals surface area contributed by atoms with Gasteiger partial charge in [-0.3, -0.25) is 9.69 Å². The summed E-state index contributed by atoms with van der Waals surface area (Å²) >= 11 is 0. The SMILES string of the molecule is CCN(CCC#N)C1CCCCCC1=O. The summed E-state index contributed by atoms with van der Waals surface area (Å²) in [5.74, 6) is 0.382. The molecule has 0 aliphatic heterocycles. The standard InChI is InChI=1S/C12H20N2O/c1-2-14(10-6-9-13)11-7-4-3-5-8-12(11)15/h11H,2-8,10H2,1H3. The van der Waals surface area contributed by atoms with E-state index in [1.807, 2.05) is 0 Å². The molecule has 1 atom stereocenters. The minimum atomic E-state index is 0.0887. The number of ketones is 1. The zero-order chi connectivity index (χ0) is 11.1. The van der Waals surface area contributed by atoms with Crippen LogP contribution >= 0.6 is 0 Å². The normalized spacial score (nSPS) is 22.5. The first kappa shape index (κ1) is 12.2. The van der Waals surface area contributed by atoms with E-state index in [-0.39, 0.29) is 6.04 Å². The van der Waals surface area contributed by atoms with Crippen molar-refractivity contribution in [2.75, 3.05) is 13.1 Å². The maximum Gasteiger partial charge on any atom is 0.149 e. The summed E-state index contributed by atoms with van der Waals surface area (Å²) in [4.78, 5) is 14.0. The molecule has 3 heteroatoms. The van der Waals surface area contributed by atoms with Crippen LogP contribution < -0.4 is 0 Å². The lowest BCUT2D eigenvalue weighted by atomic mass is 10.1. The van der Waals surface area contributed by atoms with Crippen molar-refractivity contribution in [2.24, 2.45) is 0 Å². The Morgan fingerprint density at radius 3 is 2.93 bits per heavy atom. The molecular formula is C12H20N2O. The lowest BCUT2D eigenvalue weighted by molar-refractivity contribution is -0.124. The van der Waals surface area contributed by atoms with E-state index in [0.29, 0.717) is 12.2 Å². The fraction of sp³-hybridized carbons (Fsp3) is 0.833. The smallest absolute Gasteiger partial charge is 0.149 e. The molecule has 84 valence electrons. The molecule has 1 saturated carbocycles. The van der Waals surface area contributed by atoms with Crippen LogP contribution in [0.1, 0.15) is 45.4 Å². The summed E-state index contributed by atoms with van der Waals surface area (Å²) in [5.41, 5.74) is 0. The molecule has 1 unspecified atom stereocenters. The van der Waals surface area contributed by atoms with Gasteiger partial charge in [-0.05, 0) is 19.4 Å². The monoisotopic (exact) mass is 208 g/mol. The largest absolute Gasteiger partial charge is 0.298 e. The number of nitrogens with zero attached hydrogens (tertiary/aromatic N) is 2. The van der Waals surface area contributed by atoms with Crippen LogP contribution in [-0.2, 0) is 4.79 Å². The molecule has 15 heavy (non-hydrogen) atoms. The summed E-state index contributed by atoms with van der Waals surface area (Å²) < 4.78 is 0. The van der Waals surface area contributed by atoms with E-state index < -0.39 is 0 Å². The molecule has 0 aromatic rings. The van der Waals surface area contributed by atoms with Gasteiger partial charge in [0.1, 0.15) is 5.78 Å². The molecule has 1 fully saturated rings. The maximum atomic E-state index is 11.9. The van der Waals surface area contributed by atoms with Crippen molar-refractivity contribution in [1.29, 1.82) is 5.26 Å². The van der Waals surface area contributed by atoms with Crippen LogP contribution in [0.5, 0.6) is 0 Å². The number of nitriles is 1. The zero-order valence-corrected chi connectivity index (χ0v) is 9.54. The molecule has 0 amide bonds. The van der Waals surface area contributed by atoms with Gasteiger partial charge in [0.25, 0.3) is 0 Å². The summed E-state index contributed by atoms with van der Waals surface area (Å²) in [6, 6.07) is 2.24. The first-order valence-electron chi connectivity index (χ1n) is 5.93. The number of carbonyl (C=O) groups is 1. The second kappa shape index (κ2) is 6.58. The topological polar surface area (TPSA) is 44.1 Å². The highest BCUT2D eigenvalue weighted by Gasteiger charge is 2.25. The highest BCUT2D eigenvalue weighted by molar-refractivity contribution is 5.84. The summed E-state index contributed by atoms with van der Waals surface area (Å²) in [7, 11) is 0. The van der Waals surface area contributed by atoms with Gasteiger partial charge in [0.15, 0.2) is 0 Å². The average molecular weight is 208 g/mol. The predicted octanol–water partition coefficient (Wildman–Crippen LogP) is 2.12. The van der Waals surface area contributed by atoms with Gasteiger partial charge in [0, 0.05) is 19.4 Å². The lowest BCUT2D eigenvalue weighted by Gasteiger charge is -2.27. The molecule has 0 aromatic heterocycles. The van der Waals surface area contributed by atoms with Gasteiger partial charge < -0.3 is 0 Å². The van der Waals surface area contributed by atoms with Gasteiger partial charge in [-0.1, -0.05) is 19.8 Å². The highest BCUT2D eigenvalue weighted by Crippen LogP contribution is 2.19. The van der Waals surface area contributed by atoms with E-state index in [1.165, 1.54) is 6.42 Å². The lowest BCUT2D eigenvalue weighted by Crippen LogP contribution is -2.41. The first-order valence-corrected chi connectivity index (χ1v) is 5.93. The Kier molecular flexibility index (Phi) is 5.34. The number of Topliss-reactive ketones (excluding diaryl/α,β-unsaturated/α-hetero) is 1. The molecule has 0 N–H and O–H groups in total. The van der Waals surface area contributed by atoms with Crippen LogP contribution in [0.15, 0.2) is 0 Å². The van der Waals surface area contributed by atoms with Crippen LogP contribution in [0.25, 0.3) is 0 Å². The third kappa shape index (κ3) is 3.64. The number of rotatable bonds is 4. The molecule has 1 aliphatic carbocycles. The van der Waals surface area contributed by atoms with Crippen molar-refractivity contribution < 1.29 is 4.79 Å². The molecule has 0 heterocycles.